The van der Waals surface area contributed by atoms with Gasteiger partial charge in [0.1, 0.15) is 6.07 Å². The SMILES string of the molecule is N#Cc1ccc(Cl)cc1NC(=O)C1CN(C(=O)c2c[nH]c3ccccc23)C1. The zero-order chi connectivity index (χ0) is 19.0. The third-order valence-corrected chi connectivity index (χ3v) is 4.95. The molecule has 6 nitrogen and oxygen atoms in total. The molecule has 0 spiro atoms. The van der Waals surface area contributed by atoms with Crippen LogP contribution >= 0.6 is 11.6 Å². The molecule has 1 aromatic heterocycles. The number of benzene rings is 2. The first-order valence-corrected chi connectivity index (χ1v) is 8.80. The molecule has 7 heteroatoms. The Morgan fingerprint density at radius 1 is 1.22 bits per heavy atom. The Morgan fingerprint density at radius 3 is 2.78 bits per heavy atom. The van der Waals surface area contributed by atoms with Gasteiger partial charge in [-0.2, -0.15) is 5.26 Å². The molecule has 0 unspecified atom stereocenters. The molecule has 1 aliphatic heterocycles. The first kappa shape index (κ1) is 17.1. The molecule has 4 rings (SSSR count). The molecule has 1 saturated heterocycles. The molecule has 27 heavy (non-hydrogen) atoms. The summed E-state index contributed by atoms with van der Waals surface area (Å²) >= 11 is 5.94. The summed E-state index contributed by atoms with van der Waals surface area (Å²) in [6, 6.07) is 14.3. The molecule has 2 heterocycles. The molecule has 2 amide bonds. The van der Waals surface area contributed by atoms with E-state index in [-0.39, 0.29) is 17.7 Å². The maximum atomic E-state index is 12.7. The van der Waals surface area contributed by atoms with Crippen LogP contribution < -0.4 is 5.32 Å². The predicted molar refractivity (Wildman–Crippen MR) is 102 cm³/mol. The lowest BCUT2D eigenvalue weighted by Crippen LogP contribution is -2.54. The molecule has 2 N–H and O–H groups in total. The number of para-hydroxylation sites is 1. The van der Waals surface area contributed by atoms with E-state index in [0.29, 0.717) is 34.9 Å². The molecular formula is C20H15ClN4O2. The third kappa shape index (κ3) is 3.14. The number of carbonyl (C=O) groups is 2. The van der Waals surface area contributed by atoms with Crippen molar-refractivity contribution in [1.82, 2.24) is 9.88 Å². The summed E-state index contributed by atoms with van der Waals surface area (Å²) in [5.41, 5.74) is 2.24. The first-order chi connectivity index (χ1) is 13.1. The van der Waals surface area contributed by atoms with Crippen molar-refractivity contribution in [2.24, 2.45) is 5.92 Å². The van der Waals surface area contributed by atoms with Gasteiger partial charge in [0.05, 0.1) is 22.7 Å². The van der Waals surface area contributed by atoms with Crippen LogP contribution in [0, 0.1) is 17.2 Å². The van der Waals surface area contributed by atoms with Crippen molar-refractivity contribution in [3.63, 3.8) is 0 Å². The van der Waals surface area contributed by atoms with Gasteiger partial charge in [-0.3, -0.25) is 9.59 Å². The van der Waals surface area contributed by atoms with Crippen molar-refractivity contribution >= 4 is 40.0 Å². The minimum atomic E-state index is -0.315. The monoisotopic (exact) mass is 378 g/mol. The molecule has 0 atom stereocenters. The van der Waals surface area contributed by atoms with Gasteiger partial charge in [-0.15, -0.1) is 0 Å². The van der Waals surface area contributed by atoms with Gasteiger partial charge in [0.25, 0.3) is 5.91 Å². The summed E-state index contributed by atoms with van der Waals surface area (Å²) in [5, 5.41) is 13.2. The zero-order valence-corrected chi connectivity index (χ0v) is 15.0. The van der Waals surface area contributed by atoms with E-state index in [2.05, 4.69) is 10.3 Å². The van der Waals surface area contributed by atoms with Crippen LogP contribution in [0.15, 0.2) is 48.7 Å². The number of fused-ring (bicyclic) bond motifs is 1. The van der Waals surface area contributed by atoms with Gasteiger partial charge in [0.2, 0.25) is 5.91 Å². The van der Waals surface area contributed by atoms with Crippen LogP contribution in [0.25, 0.3) is 10.9 Å². The van der Waals surface area contributed by atoms with Crippen molar-refractivity contribution in [2.75, 3.05) is 18.4 Å². The fourth-order valence-corrected chi connectivity index (χ4v) is 3.35. The summed E-state index contributed by atoms with van der Waals surface area (Å²) < 4.78 is 0. The number of H-pyrrole nitrogens is 1. The zero-order valence-electron chi connectivity index (χ0n) is 14.2. The number of aromatic nitrogens is 1. The van der Waals surface area contributed by atoms with E-state index in [1.165, 1.54) is 0 Å². The summed E-state index contributed by atoms with van der Waals surface area (Å²) in [6.45, 7) is 0.680. The minimum Gasteiger partial charge on any atom is -0.360 e. The summed E-state index contributed by atoms with van der Waals surface area (Å²) in [5.74, 6) is -0.640. The average molecular weight is 379 g/mol. The van der Waals surface area contributed by atoms with E-state index in [4.69, 9.17) is 16.9 Å². The Kier molecular flexibility index (Phi) is 4.30. The second kappa shape index (κ2) is 6.78. The molecular weight excluding hydrogens is 364 g/mol. The second-order valence-corrected chi connectivity index (χ2v) is 6.88. The number of likely N-dealkylation sites (tertiary alicyclic amines) is 1. The number of halogens is 1. The Labute approximate surface area is 160 Å². The number of aromatic amines is 1. The topological polar surface area (TPSA) is 89.0 Å². The van der Waals surface area contributed by atoms with Gasteiger partial charge in [-0.25, -0.2) is 0 Å². The summed E-state index contributed by atoms with van der Waals surface area (Å²) in [4.78, 5) is 29.8. The predicted octanol–water partition coefficient (Wildman–Crippen LogP) is 3.40. The molecule has 0 radical (unpaired) electrons. The lowest BCUT2D eigenvalue weighted by molar-refractivity contribution is -0.123. The maximum Gasteiger partial charge on any atom is 0.256 e. The summed E-state index contributed by atoms with van der Waals surface area (Å²) in [6.07, 6.45) is 1.70. The van der Waals surface area contributed by atoms with Crippen LogP contribution in [0.1, 0.15) is 15.9 Å². The summed E-state index contributed by atoms with van der Waals surface area (Å²) in [7, 11) is 0. The van der Waals surface area contributed by atoms with E-state index in [1.54, 1.807) is 29.3 Å². The van der Waals surface area contributed by atoms with Gasteiger partial charge >= 0.3 is 0 Å². The Hall–Kier alpha value is -3.30. The standard InChI is InChI=1S/C20H15ClN4O2/c21-14-6-5-12(8-22)18(7-14)24-19(26)13-10-25(11-13)20(27)16-9-23-17-4-2-1-3-15(16)17/h1-7,9,13,23H,10-11H2,(H,24,26). The smallest absolute Gasteiger partial charge is 0.256 e. The van der Waals surface area contributed by atoms with Gasteiger partial charge in [0, 0.05) is 35.2 Å². The fraction of sp³-hybridized carbons (Fsp3) is 0.150. The van der Waals surface area contributed by atoms with E-state index in [9.17, 15) is 9.59 Å². The van der Waals surface area contributed by atoms with Crippen molar-refractivity contribution in [2.45, 2.75) is 0 Å². The number of nitrogens with one attached hydrogen (secondary N) is 2. The van der Waals surface area contributed by atoms with Gasteiger partial charge in [-0.1, -0.05) is 29.8 Å². The maximum absolute atomic E-state index is 12.7. The molecule has 3 aromatic rings. The third-order valence-electron chi connectivity index (χ3n) is 4.72. The molecule has 1 aliphatic rings. The van der Waals surface area contributed by atoms with Crippen LogP contribution in [0.4, 0.5) is 5.69 Å². The lowest BCUT2D eigenvalue weighted by atomic mass is 9.97. The van der Waals surface area contributed by atoms with E-state index < -0.39 is 0 Å². The Balaban J connectivity index is 1.42. The fourth-order valence-electron chi connectivity index (χ4n) is 3.18. The van der Waals surface area contributed by atoms with Crippen molar-refractivity contribution < 1.29 is 9.59 Å². The normalized spacial score (nSPS) is 13.9. The number of amides is 2. The number of carbonyl (C=O) groups excluding carboxylic acids is 2. The molecule has 1 fully saturated rings. The highest BCUT2D eigenvalue weighted by molar-refractivity contribution is 6.31. The number of nitriles is 1. The quantitative estimate of drug-likeness (QED) is 0.732. The minimum absolute atomic E-state index is 0.100. The van der Waals surface area contributed by atoms with Crippen LogP contribution in [0.2, 0.25) is 5.02 Å². The number of hydrogen-bond donors (Lipinski definition) is 2. The van der Waals surface area contributed by atoms with Crippen molar-refractivity contribution in [3.8, 4) is 6.07 Å². The number of anilines is 1. The lowest BCUT2D eigenvalue weighted by Gasteiger charge is -2.38. The average Bonchev–Trinajstić information content (AvgIpc) is 3.04. The number of hydrogen-bond acceptors (Lipinski definition) is 3. The number of nitrogens with zero attached hydrogens (tertiary/aromatic N) is 2. The Bertz CT molecular complexity index is 1090. The molecule has 2 aromatic carbocycles. The largest absolute Gasteiger partial charge is 0.360 e. The molecule has 0 aliphatic carbocycles. The van der Waals surface area contributed by atoms with Crippen LogP contribution in [-0.4, -0.2) is 34.8 Å². The number of rotatable bonds is 3. The van der Waals surface area contributed by atoms with Gasteiger partial charge in [0.15, 0.2) is 0 Å². The highest BCUT2D eigenvalue weighted by Crippen LogP contribution is 2.26. The van der Waals surface area contributed by atoms with E-state index in [0.717, 1.165) is 10.9 Å². The van der Waals surface area contributed by atoms with Crippen LogP contribution in [-0.2, 0) is 4.79 Å². The van der Waals surface area contributed by atoms with E-state index in [1.807, 2.05) is 30.3 Å². The second-order valence-electron chi connectivity index (χ2n) is 6.45. The van der Waals surface area contributed by atoms with Crippen molar-refractivity contribution in [3.05, 3.63) is 64.8 Å². The van der Waals surface area contributed by atoms with Crippen LogP contribution in [0.5, 0.6) is 0 Å². The Morgan fingerprint density at radius 2 is 2.00 bits per heavy atom. The highest BCUT2D eigenvalue weighted by atomic mass is 35.5. The van der Waals surface area contributed by atoms with E-state index >= 15 is 0 Å². The first-order valence-electron chi connectivity index (χ1n) is 8.42. The van der Waals surface area contributed by atoms with Gasteiger partial charge < -0.3 is 15.2 Å². The molecule has 134 valence electrons. The van der Waals surface area contributed by atoms with Crippen molar-refractivity contribution in [1.29, 1.82) is 5.26 Å². The molecule has 0 bridgehead atoms. The highest BCUT2D eigenvalue weighted by Gasteiger charge is 2.36. The van der Waals surface area contributed by atoms with Crippen LogP contribution in [0.3, 0.4) is 0 Å². The molecule has 0 saturated carbocycles. The van der Waals surface area contributed by atoms with Gasteiger partial charge in [-0.05, 0) is 24.3 Å².